The lowest BCUT2D eigenvalue weighted by Crippen LogP contribution is -2.40. The summed E-state index contributed by atoms with van der Waals surface area (Å²) >= 11 is 2.07. The molecule has 1 aromatic rings. The molecule has 3 N–H and O–H groups in total. The molecular weight excluding hydrogens is 345 g/mol. The van der Waals surface area contributed by atoms with E-state index in [0.29, 0.717) is 6.42 Å². The molecule has 4 nitrogen and oxygen atoms in total. The topological polar surface area (TPSA) is 69.6 Å². The number of phenols is 1. The van der Waals surface area contributed by atoms with Crippen LogP contribution >= 0.6 is 22.6 Å². The Kier molecular flexibility index (Phi) is 5.40. The quantitative estimate of drug-likeness (QED) is 0.703. The van der Waals surface area contributed by atoms with Crippen LogP contribution in [0.4, 0.5) is 0 Å². The van der Waals surface area contributed by atoms with Gasteiger partial charge in [-0.05, 0) is 54.1 Å². The van der Waals surface area contributed by atoms with E-state index in [1.54, 1.807) is 19.1 Å². The normalized spacial score (nSPS) is 14.0. The first-order chi connectivity index (χ1) is 8.35. The third kappa shape index (κ3) is 4.45. The summed E-state index contributed by atoms with van der Waals surface area (Å²) in [7, 11) is 0. The lowest BCUT2D eigenvalue weighted by atomic mass is 10.0. The van der Waals surface area contributed by atoms with E-state index in [9.17, 15) is 15.0 Å². The second kappa shape index (κ2) is 6.38. The van der Waals surface area contributed by atoms with Gasteiger partial charge >= 0.3 is 0 Å². The summed E-state index contributed by atoms with van der Waals surface area (Å²) in [5.41, 5.74) is -0.684. The molecule has 18 heavy (non-hydrogen) atoms. The van der Waals surface area contributed by atoms with Crippen molar-refractivity contribution in [2.24, 2.45) is 0 Å². The van der Waals surface area contributed by atoms with E-state index in [1.807, 2.05) is 6.92 Å². The van der Waals surface area contributed by atoms with Gasteiger partial charge in [-0.2, -0.15) is 0 Å². The molecule has 0 aromatic heterocycles. The number of hydrogen-bond donors (Lipinski definition) is 3. The highest BCUT2D eigenvalue weighted by Crippen LogP contribution is 2.19. The van der Waals surface area contributed by atoms with Crippen molar-refractivity contribution in [2.45, 2.75) is 32.3 Å². The van der Waals surface area contributed by atoms with Crippen LogP contribution in [0.15, 0.2) is 18.2 Å². The number of halogens is 1. The van der Waals surface area contributed by atoms with Crippen molar-refractivity contribution in [3.8, 4) is 5.75 Å². The van der Waals surface area contributed by atoms with Crippen LogP contribution in [0.1, 0.15) is 37.0 Å². The monoisotopic (exact) mass is 363 g/mol. The summed E-state index contributed by atoms with van der Waals surface area (Å²) in [4.78, 5) is 11.9. The molecule has 0 saturated carbocycles. The van der Waals surface area contributed by atoms with Crippen LogP contribution < -0.4 is 5.32 Å². The number of carbonyl (C=O) groups excluding carboxylic acids is 1. The highest BCUT2D eigenvalue weighted by atomic mass is 127. The Hall–Kier alpha value is -0.820. The van der Waals surface area contributed by atoms with E-state index in [-0.39, 0.29) is 23.8 Å². The zero-order valence-electron chi connectivity index (χ0n) is 10.5. The van der Waals surface area contributed by atoms with Crippen LogP contribution in [0.5, 0.6) is 5.75 Å². The summed E-state index contributed by atoms with van der Waals surface area (Å²) in [6.07, 6.45) is 1.46. The van der Waals surface area contributed by atoms with Crippen LogP contribution in [-0.2, 0) is 0 Å². The van der Waals surface area contributed by atoms with E-state index in [4.69, 9.17) is 0 Å². The molecule has 5 heteroatoms. The zero-order valence-corrected chi connectivity index (χ0v) is 12.7. The van der Waals surface area contributed by atoms with Crippen molar-refractivity contribution >= 4 is 28.5 Å². The summed E-state index contributed by atoms with van der Waals surface area (Å²) in [6, 6.07) is 4.82. The second-order valence-electron chi connectivity index (χ2n) is 4.59. The Morgan fingerprint density at radius 1 is 1.50 bits per heavy atom. The standard InChI is InChI=1S/C13H18INO3/c1-3-6-13(2,18)8-15-12(17)10-7-9(14)4-5-11(10)16/h4-5,7,16,18H,3,6,8H2,1-2H3,(H,15,17). The first kappa shape index (κ1) is 15.2. The highest BCUT2D eigenvalue weighted by Gasteiger charge is 2.21. The fourth-order valence-corrected chi connectivity index (χ4v) is 2.17. The maximum absolute atomic E-state index is 11.9. The SMILES string of the molecule is CCCC(C)(O)CNC(=O)c1cc(I)ccc1O. The molecule has 0 aliphatic rings. The summed E-state index contributed by atoms with van der Waals surface area (Å²) in [6.45, 7) is 3.83. The molecule has 0 radical (unpaired) electrons. The number of aliphatic hydroxyl groups is 1. The van der Waals surface area contributed by atoms with Gasteiger partial charge in [-0.3, -0.25) is 4.79 Å². The number of amides is 1. The molecule has 1 rings (SSSR count). The van der Waals surface area contributed by atoms with Crippen LogP contribution in [-0.4, -0.2) is 28.3 Å². The van der Waals surface area contributed by atoms with Gasteiger partial charge in [0, 0.05) is 10.1 Å². The molecule has 1 aromatic carbocycles. The predicted octanol–water partition coefficient (Wildman–Crippen LogP) is 2.28. The van der Waals surface area contributed by atoms with Gasteiger partial charge in [0.05, 0.1) is 11.2 Å². The average molecular weight is 363 g/mol. The van der Waals surface area contributed by atoms with Crippen molar-refractivity contribution in [1.82, 2.24) is 5.32 Å². The van der Waals surface area contributed by atoms with Crippen LogP contribution in [0, 0.1) is 3.57 Å². The van der Waals surface area contributed by atoms with Crippen molar-refractivity contribution in [2.75, 3.05) is 6.54 Å². The molecular formula is C13H18INO3. The molecule has 0 spiro atoms. The van der Waals surface area contributed by atoms with E-state index in [2.05, 4.69) is 27.9 Å². The Morgan fingerprint density at radius 2 is 2.17 bits per heavy atom. The number of hydrogen-bond acceptors (Lipinski definition) is 3. The van der Waals surface area contributed by atoms with Gasteiger partial charge in [0.15, 0.2) is 0 Å². The summed E-state index contributed by atoms with van der Waals surface area (Å²) in [5.74, 6) is -0.426. The first-order valence-electron chi connectivity index (χ1n) is 5.85. The maximum Gasteiger partial charge on any atom is 0.255 e. The molecule has 0 aliphatic carbocycles. The van der Waals surface area contributed by atoms with E-state index in [0.717, 1.165) is 9.99 Å². The van der Waals surface area contributed by atoms with Gasteiger partial charge in [-0.1, -0.05) is 13.3 Å². The van der Waals surface area contributed by atoms with Crippen LogP contribution in [0.3, 0.4) is 0 Å². The summed E-state index contributed by atoms with van der Waals surface area (Å²) in [5, 5.41) is 22.2. The van der Waals surface area contributed by atoms with Gasteiger partial charge in [0.25, 0.3) is 5.91 Å². The first-order valence-corrected chi connectivity index (χ1v) is 6.92. The smallest absolute Gasteiger partial charge is 0.255 e. The average Bonchev–Trinajstić information content (AvgIpc) is 2.29. The molecule has 1 unspecified atom stereocenters. The Labute approximate surface area is 121 Å². The van der Waals surface area contributed by atoms with E-state index in [1.165, 1.54) is 6.07 Å². The zero-order chi connectivity index (χ0) is 13.8. The molecule has 1 amide bonds. The number of rotatable bonds is 5. The number of aromatic hydroxyl groups is 1. The van der Waals surface area contributed by atoms with Gasteiger partial charge in [-0.25, -0.2) is 0 Å². The van der Waals surface area contributed by atoms with E-state index < -0.39 is 5.60 Å². The lowest BCUT2D eigenvalue weighted by molar-refractivity contribution is 0.0469. The van der Waals surface area contributed by atoms with Crippen LogP contribution in [0.25, 0.3) is 0 Å². The van der Waals surface area contributed by atoms with Crippen LogP contribution in [0.2, 0.25) is 0 Å². The molecule has 0 aliphatic heterocycles. The van der Waals surface area contributed by atoms with Gasteiger partial charge in [0.1, 0.15) is 5.75 Å². The minimum Gasteiger partial charge on any atom is -0.507 e. The summed E-state index contributed by atoms with van der Waals surface area (Å²) < 4.78 is 0.871. The molecule has 0 fully saturated rings. The predicted molar refractivity (Wildman–Crippen MR) is 78.7 cm³/mol. The van der Waals surface area contributed by atoms with Gasteiger partial charge < -0.3 is 15.5 Å². The molecule has 100 valence electrons. The molecule has 0 heterocycles. The van der Waals surface area contributed by atoms with Crippen molar-refractivity contribution in [3.05, 3.63) is 27.3 Å². The number of carbonyl (C=O) groups is 1. The van der Waals surface area contributed by atoms with Crippen molar-refractivity contribution < 1.29 is 15.0 Å². The number of benzene rings is 1. The highest BCUT2D eigenvalue weighted by molar-refractivity contribution is 14.1. The van der Waals surface area contributed by atoms with Gasteiger partial charge in [-0.15, -0.1) is 0 Å². The fraction of sp³-hybridized carbons (Fsp3) is 0.462. The third-order valence-electron chi connectivity index (χ3n) is 2.62. The fourth-order valence-electron chi connectivity index (χ4n) is 1.68. The van der Waals surface area contributed by atoms with Crippen molar-refractivity contribution in [3.63, 3.8) is 0 Å². The largest absolute Gasteiger partial charge is 0.507 e. The molecule has 1 atom stereocenters. The molecule has 0 bridgehead atoms. The molecule has 0 saturated heterocycles. The lowest BCUT2D eigenvalue weighted by Gasteiger charge is -2.23. The van der Waals surface area contributed by atoms with Crippen molar-refractivity contribution in [1.29, 1.82) is 0 Å². The minimum absolute atomic E-state index is 0.0527. The Morgan fingerprint density at radius 3 is 2.78 bits per heavy atom. The number of nitrogens with one attached hydrogen (secondary N) is 1. The Bertz CT molecular complexity index is 432. The third-order valence-corrected chi connectivity index (χ3v) is 3.29. The second-order valence-corrected chi connectivity index (χ2v) is 5.84. The Balaban J connectivity index is 2.69. The maximum atomic E-state index is 11.9. The van der Waals surface area contributed by atoms with E-state index >= 15 is 0 Å². The van der Waals surface area contributed by atoms with Gasteiger partial charge in [0.2, 0.25) is 0 Å². The number of phenolic OH excluding ortho intramolecular Hbond substituents is 1. The minimum atomic E-state index is -0.915.